The Hall–Kier alpha value is -0.900. The van der Waals surface area contributed by atoms with Gasteiger partial charge in [-0.15, -0.1) is 0 Å². The lowest BCUT2D eigenvalue weighted by Crippen LogP contribution is -2.70. The van der Waals surface area contributed by atoms with Gasteiger partial charge in [-0.3, -0.25) is 9.29 Å². The third-order valence-electron chi connectivity index (χ3n) is 5.34. The molecule has 0 spiro atoms. The fraction of sp³-hybridized carbons (Fsp3) is 1.00. The monoisotopic (exact) mass is 520 g/mol. The second-order valence-corrected chi connectivity index (χ2v) is 10.5. The highest BCUT2D eigenvalue weighted by molar-refractivity contribution is 7.87. The molecule has 0 aliphatic heterocycles. The first-order valence-corrected chi connectivity index (χ1v) is 10.1. The lowest BCUT2D eigenvalue weighted by atomic mass is 9.67. The topological polar surface area (TPSA) is 63.6 Å². The van der Waals surface area contributed by atoms with Gasteiger partial charge in [0.15, 0.2) is 0 Å². The summed E-state index contributed by atoms with van der Waals surface area (Å²) in [4.78, 5) is 0. The van der Waals surface area contributed by atoms with Crippen LogP contribution in [0.2, 0.25) is 0 Å². The quantitative estimate of drug-likeness (QED) is 0.283. The van der Waals surface area contributed by atoms with Gasteiger partial charge >= 0.3 is 39.2 Å². The fourth-order valence-electron chi connectivity index (χ4n) is 2.22. The van der Waals surface area contributed by atoms with E-state index in [-0.39, 0.29) is 0 Å². The number of alkyl halides is 11. The highest BCUT2D eigenvalue weighted by atomic mass is 32.2. The van der Waals surface area contributed by atoms with Gasteiger partial charge in [0, 0.05) is 10.8 Å². The van der Waals surface area contributed by atoms with Gasteiger partial charge in [-0.25, -0.2) is 4.39 Å². The zero-order valence-corrected chi connectivity index (χ0v) is 18.6. The second-order valence-electron chi connectivity index (χ2n) is 9.06. The van der Waals surface area contributed by atoms with E-state index in [1.165, 1.54) is 0 Å². The summed E-state index contributed by atoms with van der Waals surface area (Å²) in [7, 11) is -7.43. The molecule has 1 unspecified atom stereocenters. The highest BCUT2D eigenvalue weighted by Gasteiger charge is 2.87. The number of rotatable bonds is 9. The van der Waals surface area contributed by atoms with E-state index in [2.05, 4.69) is 4.74 Å². The van der Waals surface area contributed by atoms with Gasteiger partial charge in [-0.05, 0) is 5.92 Å². The summed E-state index contributed by atoms with van der Waals surface area (Å²) in [6.45, 7) is 4.66. The maximum atomic E-state index is 15.7. The lowest BCUT2D eigenvalue weighted by Gasteiger charge is -2.51. The molecule has 0 aliphatic rings. The molecule has 0 saturated carbocycles. The van der Waals surface area contributed by atoms with Crippen LogP contribution in [-0.2, 0) is 14.9 Å². The van der Waals surface area contributed by atoms with Crippen LogP contribution >= 0.6 is 0 Å². The lowest BCUT2D eigenvalue weighted by molar-refractivity contribution is -0.491. The predicted molar refractivity (Wildman–Crippen MR) is 89.3 cm³/mol. The Balaban J connectivity index is 7.04. The first kappa shape index (κ1) is 31.1. The van der Waals surface area contributed by atoms with Gasteiger partial charge < -0.3 is 0 Å². The van der Waals surface area contributed by atoms with Crippen LogP contribution in [-0.4, -0.2) is 48.0 Å². The van der Waals surface area contributed by atoms with Crippen molar-refractivity contribution in [2.24, 2.45) is 16.7 Å². The maximum Gasteiger partial charge on any atom is 0.438 e. The largest absolute Gasteiger partial charge is 0.438 e. The predicted octanol–water partition coefficient (Wildman–Crippen LogP) is 6.38. The van der Waals surface area contributed by atoms with Crippen molar-refractivity contribution in [2.45, 2.75) is 83.5 Å². The molecule has 1 N–H and O–H groups in total. The van der Waals surface area contributed by atoms with E-state index in [4.69, 9.17) is 4.55 Å². The van der Waals surface area contributed by atoms with Crippen LogP contribution in [0.5, 0.6) is 0 Å². The molecule has 194 valence electrons. The molecule has 1 atom stereocenters. The Morgan fingerprint density at radius 2 is 1.03 bits per heavy atom. The van der Waals surface area contributed by atoms with Crippen LogP contribution in [0.25, 0.3) is 0 Å². The Bertz CT molecular complexity index is 801. The summed E-state index contributed by atoms with van der Waals surface area (Å²) < 4.78 is 187. The van der Waals surface area contributed by atoms with Gasteiger partial charge in [0.2, 0.25) is 0 Å². The van der Waals surface area contributed by atoms with Crippen molar-refractivity contribution in [3.63, 3.8) is 0 Å². The molecular formula is C16H23F11O4S. The van der Waals surface area contributed by atoms with Crippen LogP contribution in [0.3, 0.4) is 0 Å². The minimum absolute atomic E-state index is 0.510. The molecule has 0 amide bonds. The van der Waals surface area contributed by atoms with Crippen LogP contribution in [0.15, 0.2) is 0 Å². The molecule has 0 aromatic rings. The van der Waals surface area contributed by atoms with Crippen molar-refractivity contribution in [2.75, 3.05) is 0 Å². The van der Waals surface area contributed by atoms with E-state index < -0.39 is 61.9 Å². The van der Waals surface area contributed by atoms with Crippen molar-refractivity contribution in [3.8, 4) is 0 Å². The zero-order chi connectivity index (χ0) is 26.8. The standard InChI is InChI=1S/C16H23F11O4S/c1-8(2)10(6,7)14(23,11(17,18)9(3,4)5)31-15(24,25)12(19,20)13(21,22)16(26,27)32(28,29)30/h8H,1-7H3,(H,28,29,30). The first-order valence-electron chi connectivity index (χ1n) is 8.65. The van der Waals surface area contributed by atoms with Crippen molar-refractivity contribution in [1.82, 2.24) is 0 Å². The van der Waals surface area contributed by atoms with Crippen molar-refractivity contribution in [3.05, 3.63) is 0 Å². The van der Waals surface area contributed by atoms with E-state index in [1.807, 2.05) is 0 Å². The van der Waals surface area contributed by atoms with Gasteiger partial charge in [0.1, 0.15) is 0 Å². The molecule has 0 aliphatic carbocycles. The normalized spacial score (nSPS) is 18.1. The molecule has 4 nitrogen and oxygen atoms in total. The van der Waals surface area contributed by atoms with Gasteiger partial charge in [0.25, 0.3) is 5.85 Å². The van der Waals surface area contributed by atoms with Crippen LogP contribution < -0.4 is 0 Å². The molecule has 0 fully saturated rings. The number of halogens is 11. The fourth-order valence-corrected chi connectivity index (χ4v) is 2.67. The van der Waals surface area contributed by atoms with E-state index in [1.54, 1.807) is 0 Å². The summed E-state index contributed by atoms with van der Waals surface area (Å²) in [5.41, 5.74) is -5.51. The Labute approximate surface area is 177 Å². The second kappa shape index (κ2) is 7.82. The molecule has 32 heavy (non-hydrogen) atoms. The van der Waals surface area contributed by atoms with E-state index in [0.717, 1.165) is 13.8 Å². The minimum atomic E-state index is -7.64. The van der Waals surface area contributed by atoms with E-state index >= 15 is 4.39 Å². The average molecular weight is 520 g/mol. The summed E-state index contributed by atoms with van der Waals surface area (Å²) in [5, 5.41) is -7.24. The molecule has 0 radical (unpaired) electrons. The Morgan fingerprint density at radius 3 is 1.28 bits per heavy atom. The Kier molecular flexibility index (Phi) is 7.60. The summed E-state index contributed by atoms with van der Waals surface area (Å²) in [6, 6.07) is 0. The van der Waals surface area contributed by atoms with Gasteiger partial charge in [0.05, 0.1) is 0 Å². The Morgan fingerprint density at radius 1 is 0.688 bits per heavy atom. The van der Waals surface area contributed by atoms with Gasteiger partial charge in [-0.2, -0.15) is 52.3 Å². The smallest absolute Gasteiger partial charge is 0.281 e. The molecule has 0 bridgehead atoms. The SMILES string of the molecule is CC(C)C(C)(C)C(F)(OC(F)(F)C(F)(F)C(F)(F)C(F)(F)S(=O)(=O)O)C(F)(F)C(C)(C)C. The molecule has 0 rings (SSSR count). The summed E-state index contributed by atoms with van der Waals surface area (Å²) in [6.07, 6.45) is -7.14. The molecule has 0 heterocycles. The molecular weight excluding hydrogens is 497 g/mol. The third kappa shape index (κ3) is 4.18. The summed E-state index contributed by atoms with van der Waals surface area (Å²) >= 11 is 0. The number of hydrogen-bond acceptors (Lipinski definition) is 3. The first-order chi connectivity index (χ1) is 13.4. The molecule has 0 saturated heterocycles. The zero-order valence-electron chi connectivity index (χ0n) is 17.8. The highest BCUT2D eigenvalue weighted by Crippen LogP contribution is 2.62. The van der Waals surface area contributed by atoms with E-state index in [9.17, 15) is 52.3 Å². The number of hydrogen-bond donors (Lipinski definition) is 1. The maximum absolute atomic E-state index is 15.7. The van der Waals surface area contributed by atoms with E-state index in [0.29, 0.717) is 34.6 Å². The van der Waals surface area contributed by atoms with Crippen molar-refractivity contribution >= 4 is 10.1 Å². The average Bonchev–Trinajstić information content (AvgIpc) is 2.50. The minimum Gasteiger partial charge on any atom is -0.281 e. The third-order valence-corrected chi connectivity index (χ3v) is 6.24. The van der Waals surface area contributed by atoms with Crippen LogP contribution in [0.1, 0.15) is 48.5 Å². The molecule has 0 aromatic carbocycles. The van der Waals surface area contributed by atoms with Gasteiger partial charge in [-0.1, -0.05) is 48.5 Å². The van der Waals surface area contributed by atoms with Crippen LogP contribution in [0, 0.1) is 16.7 Å². The summed E-state index contributed by atoms with van der Waals surface area (Å²) in [5.74, 6) is -27.0. The number of ether oxygens (including phenoxy) is 1. The van der Waals surface area contributed by atoms with Crippen molar-refractivity contribution in [1.29, 1.82) is 0 Å². The van der Waals surface area contributed by atoms with Crippen LogP contribution in [0.4, 0.5) is 48.3 Å². The molecule has 16 heteroatoms. The van der Waals surface area contributed by atoms with Crippen molar-refractivity contribution < 1.29 is 66.0 Å². The molecule has 0 aromatic heterocycles.